The van der Waals surface area contributed by atoms with Crippen LogP contribution in [0, 0.1) is 5.92 Å². The van der Waals surface area contributed by atoms with Gasteiger partial charge in [0.1, 0.15) is 11.7 Å². The summed E-state index contributed by atoms with van der Waals surface area (Å²) < 4.78 is 26.5. The molecule has 0 fully saturated rings. The first-order valence-corrected chi connectivity index (χ1v) is 12.5. The van der Waals surface area contributed by atoms with Crippen LogP contribution in [0.15, 0.2) is 65.8 Å². The first-order chi connectivity index (χ1) is 16.7. The number of fused-ring (bicyclic) bond motifs is 1. The highest BCUT2D eigenvalue weighted by Crippen LogP contribution is 2.12. The molecule has 2 amide bonds. The number of para-hydroxylation sites is 1. The minimum atomic E-state index is -3.95. The minimum Gasteiger partial charge on any atom is -0.347 e. The molecule has 2 heterocycles. The lowest BCUT2D eigenvalue weighted by Crippen LogP contribution is -2.49. The van der Waals surface area contributed by atoms with Gasteiger partial charge in [-0.3, -0.25) is 14.4 Å². The third-order valence-electron chi connectivity index (χ3n) is 4.99. The predicted octanol–water partition coefficient (Wildman–Crippen LogP) is 1.44. The van der Waals surface area contributed by atoms with Gasteiger partial charge in [0, 0.05) is 11.6 Å². The fourth-order valence-corrected chi connectivity index (χ4v) is 4.21. The molecule has 0 saturated heterocycles. The molecule has 1 aromatic carbocycles. The zero-order valence-corrected chi connectivity index (χ0v) is 20.2. The molecule has 0 aliphatic carbocycles. The van der Waals surface area contributed by atoms with Gasteiger partial charge in [0.25, 0.3) is 15.9 Å². The molecule has 11 heteroatoms. The van der Waals surface area contributed by atoms with Crippen LogP contribution < -0.4 is 15.4 Å². The van der Waals surface area contributed by atoms with Gasteiger partial charge < -0.3 is 10.6 Å². The lowest BCUT2D eigenvalue weighted by Gasteiger charge is -2.20. The van der Waals surface area contributed by atoms with Crippen LogP contribution in [0.1, 0.15) is 30.8 Å². The number of Topliss-reactive ketones (excluding diaryl/α,β-unsaturated/α-hetero) is 1. The Kier molecular flexibility index (Phi) is 8.61. The molecule has 3 aromatic rings. The van der Waals surface area contributed by atoms with Crippen LogP contribution in [0.5, 0.6) is 0 Å². The molecule has 0 saturated carbocycles. The smallest absolute Gasteiger partial charge is 0.270 e. The Labute approximate surface area is 203 Å². The molecule has 35 heavy (non-hydrogen) atoms. The zero-order valence-electron chi connectivity index (χ0n) is 19.4. The number of ketones is 1. The second kappa shape index (κ2) is 11.6. The average molecular weight is 498 g/mol. The van der Waals surface area contributed by atoms with Crippen molar-refractivity contribution in [1.82, 2.24) is 25.3 Å². The van der Waals surface area contributed by atoms with E-state index in [-0.39, 0.29) is 16.6 Å². The average Bonchev–Trinajstić information content (AvgIpc) is 2.85. The SMILES string of the molecule is CC(C)C[C@H](NC(=O)c1ccc2ccccc2n1)C(=O)NCC(=O)CNS(=O)(=O)c1ccccn1. The van der Waals surface area contributed by atoms with E-state index < -0.39 is 46.8 Å². The number of hydrogen-bond acceptors (Lipinski definition) is 7. The van der Waals surface area contributed by atoms with Crippen molar-refractivity contribution in [3.8, 4) is 0 Å². The maximum Gasteiger partial charge on any atom is 0.270 e. The van der Waals surface area contributed by atoms with Gasteiger partial charge in [-0.05, 0) is 36.6 Å². The summed E-state index contributed by atoms with van der Waals surface area (Å²) >= 11 is 0. The lowest BCUT2D eigenvalue weighted by atomic mass is 10.0. The Morgan fingerprint density at radius 1 is 0.943 bits per heavy atom. The fourth-order valence-electron chi connectivity index (χ4n) is 3.25. The van der Waals surface area contributed by atoms with Crippen LogP contribution in [0.2, 0.25) is 0 Å². The topological polar surface area (TPSA) is 147 Å². The van der Waals surface area contributed by atoms with E-state index >= 15 is 0 Å². The zero-order chi connectivity index (χ0) is 25.4. The molecule has 0 unspecified atom stereocenters. The molecule has 0 radical (unpaired) electrons. The molecular formula is C24H27N5O5S. The number of carbonyl (C=O) groups excluding carboxylic acids is 3. The summed E-state index contributed by atoms with van der Waals surface area (Å²) in [4.78, 5) is 45.8. The number of rotatable bonds is 11. The number of sulfonamides is 1. The normalized spacial score (nSPS) is 12.3. The van der Waals surface area contributed by atoms with Crippen molar-refractivity contribution in [3.63, 3.8) is 0 Å². The largest absolute Gasteiger partial charge is 0.347 e. The quantitative estimate of drug-likeness (QED) is 0.363. The van der Waals surface area contributed by atoms with E-state index in [1.165, 1.54) is 18.3 Å². The summed E-state index contributed by atoms with van der Waals surface area (Å²) in [6.45, 7) is 2.89. The Morgan fingerprint density at radius 3 is 2.40 bits per heavy atom. The molecule has 1 atom stereocenters. The Balaban J connectivity index is 1.57. The highest BCUT2D eigenvalue weighted by atomic mass is 32.2. The highest BCUT2D eigenvalue weighted by molar-refractivity contribution is 7.89. The van der Waals surface area contributed by atoms with Crippen LogP contribution >= 0.6 is 0 Å². The van der Waals surface area contributed by atoms with Gasteiger partial charge in [-0.15, -0.1) is 0 Å². The van der Waals surface area contributed by atoms with E-state index in [9.17, 15) is 22.8 Å². The third kappa shape index (κ3) is 7.39. The fraction of sp³-hybridized carbons (Fsp3) is 0.292. The minimum absolute atomic E-state index is 0.0801. The second-order valence-electron chi connectivity index (χ2n) is 8.29. The Hall–Kier alpha value is -3.70. The van der Waals surface area contributed by atoms with Crippen LogP contribution in [-0.4, -0.2) is 55.1 Å². The van der Waals surface area contributed by atoms with Gasteiger partial charge in [0.05, 0.1) is 18.6 Å². The number of hydrogen-bond donors (Lipinski definition) is 3. The molecule has 184 valence electrons. The molecular weight excluding hydrogens is 470 g/mol. The summed E-state index contributed by atoms with van der Waals surface area (Å²) in [5, 5.41) is 5.84. The Bertz CT molecular complexity index is 1310. The van der Waals surface area contributed by atoms with Crippen molar-refractivity contribution in [1.29, 1.82) is 0 Å². The maximum atomic E-state index is 12.8. The van der Waals surface area contributed by atoms with E-state index in [1.54, 1.807) is 24.3 Å². The first kappa shape index (κ1) is 25.9. The second-order valence-corrected chi connectivity index (χ2v) is 10.0. The van der Waals surface area contributed by atoms with Crippen molar-refractivity contribution >= 4 is 38.5 Å². The summed E-state index contributed by atoms with van der Waals surface area (Å²) in [5.74, 6) is -1.53. The molecule has 0 aliphatic heterocycles. The van der Waals surface area contributed by atoms with Crippen LogP contribution in [-0.2, 0) is 19.6 Å². The number of carbonyl (C=O) groups is 3. The number of nitrogens with zero attached hydrogens (tertiary/aromatic N) is 2. The summed E-state index contributed by atoms with van der Waals surface area (Å²) in [6, 6.07) is 14.2. The lowest BCUT2D eigenvalue weighted by molar-refractivity contribution is -0.126. The van der Waals surface area contributed by atoms with Crippen molar-refractivity contribution in [2.24, 2.45) is 5.92 Å². The number of nitrogens with one attached hydrogen (secondary N) is 3. The third-order valence-corrected chi connectivity index (χ3v) is 6.31. The molecule has 3 rings (SSSR count). The Morgan fingerprint density at radius 2 is 1.69 bits per heavy atom. The molecule has 2 aromatic heterocycles. The first-order valence-electron chi connectivity index (χ1n) is 11.0. The van der Waals surface area contributed by atoms with Crippen LogP contribution in [0.25, 0.3) is 10.9 Å². The summed E-state index contributed by atoms with van der Waals surface area (Å²) in [6.07, 6.45) is 1.67. The molecule has 0 aliphatic rings. The van der Waals surface area contributed by atoms with Gasteiger partial charge in [-0.25, -0.2) is 23.1 Å². The van der Waals surface area contributed by atoms with Crippen LogP contribution in [0.4, 0.5) is 0 Å². The molecule has 0 bridgehead atoms. The van der Waals surface area contributed by atoms with Crippen molar-refractivity contribution in [3.05, 3.63) is 66.5 Å². The van der Waals surface area contributed by atoms with E-state index in [0.717, 1.165) is 5.39 Å². The van der Waals surface area contributed by atoms with E-state index in [4.69, 9.17) is 0 Å². The van der Waals surface area contributed by atoms with Gasteiger partial charge in [0.15, 0.2) is 10.8 Å². The highest BCUT2D eigenvalue weighted by Gasteiger charge is 2.24. The van der Waals surface area contributed by atoms with Gasteiger partial charge in [-0.1, -0.05) is 44.2 Å². The monoisotopic (exact) mass is 497 g/mol. The van der Waals surface area contributed by atoms with Crippen molar-refractivity contribution < 1.29 is 22.8 Å². The van der Waals surface area contributed by atoms with Gasteiger partial charge in [0.2, 0.25) is 5.91 Å². The van der Waals surface area contributed by atoms with Gasteiger partial charge in [-0.2, -0.15) is 0 Å². The number of pyridine rings is 2. The number of amides is 2. The van der Waals surface area contributed by atoms with Crippen molar-refractivity contribution in [2.75, 3.05) is 13.1 Å². The van der Waals surface area contributed by atoms with E-state index in [1.807, 2.05) is 32.0 Å². The standard InChI is InChI=1S/C24H27N5O5S/c1-16(2)13-21(29-24(32)20-11-10-17-7-3-4-8-19(17)28-20)23(31)26-14-18(30)15-27-35(33,34)22-9-5-6-12-25-22/h3-12,16,21,27H,13-15H2,1-2H3,(H,26,31)(H,29,32)/t21-/m0/s1. The van der Waals surface area contributed by atoms with Gasteiger partial charge >= 0.3 is 0 Å². The summed E-state index contributed by atoms with van der Waals surface area (Å²) in [5.41, 5.74) is 0.828. The van der Waals surface area contributed by atoms with E-state index in [2.05, 4.69) is 25.3 Å². The maximum absolute atomic E-state index is 12.8. The summed E-state index contributed by atoms with van der Waals surface area (Å²) in [7, 11) is -3.95. The molecule has 0 spiro atoms. The number of aromatic nitrogens is 2. The predicted molar refractivity (Wildman–Crippen MR) is 130 cm³/mol. The van der Waals surface area contributed by atoms with E-state index in [0.29, 0.717) is 11.9 Å². The van der Waals surface area contributed by atoms with Crippen LogP contribution in [0.3, 0.4) is 0 Å². The number of benzene rings is 1. The molecule has 10 nitrogen and oxygen atoms in total. The van der Waals surface area contributed by atoms with Crippen molar-refractivity contribution in [2.45, 2.75) is 31.3 Å². The molecule has 3 N–H and O–H groups in total.